The number of carbonyl (C=O) groups excluding carboxylic acids is 2. The SMILES string of the molecule is C=CC(=O)OCCCCCOC(=O)CCCCCO. The molecule has 0 aromatic rings. The van der Waals surface area contributed by atoms with Gasteiger partial charge in [-0.25, -0.2) is 4.79 Å². The van der Waals surface area contributed by atoms with Gasteiger partial charge in [0.05, 0.1) is 13.2 Å². The average molecular weight is 272 g/mol. The molecule has 5 heteroatoms. The van der Waals surface area contributed by atoms with E-state index in [0.717, 1.165) is 44.6 Å². The Morgan fingerprint density at radius 2 is 1.58 bits per heavy atom. The summed E-state index contributed by atoms with van der Waals surface area (Å²) < 4.78 is 9.86. The maximum Gasteiger partial charge on any atom is 0.330 e. The van der Waals surface area contributed by atoms with Gasteiger partial charge >= 0.3 is 11.9 Å². The van der Waals surface area contributed by atoms with Crippen molar-refractivity contribution in [2.45, 2.75) is 44.9 Å². The van der Waals surface area contributed by atoms with Gasteiger partial charge in [-0.05, 0) is 32.1 Å². The molecule has 0 aliphatic heterocycles. The minimum atomic E-state index is -0.408. The molecule has 0 aromatic heterocycles. The van der Waals surface area contributed by atoms with E-state index < -0.39 is 5.97 Å². The van der Waals surface area contributed by atoms with Gasteiger partial charge in [-0.15, -0.1) is 0 Å². The Morgan fingerprint density at radius 1 is 0.947 bits per heavy atom. The molecule has 0 saturated carbocycles. The zero-order chi connectivity index (χ0) is 14.3. The summed E-state index contributed by atoms with van der Waals surface area (Å²) in [5, 5.41) is 8.57. The Morgan fingerprint density at radius 3 is 2.21 bits per heavy atom. The van der Waals surface area contributed by atoms with Crippen LogP contribution in [-0.2, 0) is 19.1 Å². The lowest BCUT2D eigenvalue weighted by molar-refractivity contribution is -0.143. The Kier molecular flexibility index (Phi) is 12.1. The lowest BCUT2D eigenvalue weighted by atomic mass is 10.2. The Hall–Kier alpha value is -1.36. The van der Waals surface area contributed by atoms with E-state index in [1.807, 2.05) is 0 Å². The van der Waals surface area contributed by atoms with Gasteiger partial charge in [0, 0.05) is 19.1 Å². The molecule has 0 radical (unpaired) electrons. The van der Waals surface area contributed by atoms with Crippen LogP contribution in [0.25, 0.3) is 0 Å². The number of aliphatic hydroxyl groups excluding tert-OH is 1. The minimum absolute atomic E-state index is 0.172. The van der Waals surface area contributed by atoms with Crippen LogP contribution in [0.3, 0.4) is 0 Å². The quantitative estimate of drug-likeness (QED) is 0.334. The van der Waals surface area contributed by atoms with Crippen LogP contribution in [0, 0.1) is 0 Å². The molecular weight excluding hydrogens is 248 g/mol. The number of unbranched alkanes of at least 4 members (excludes halogenated alkanes) is 4. The summed E-state index contributed by atoms with van der Waals surface area (Å²) in [4.78, 5) is 22.0. The lowest BCUT2D eigenvalue weighted by Gasteiger charge is -2.05. The number of esters is 2. The first kappa shape index (κ1) is 17.6. The second-order valence-electron chi connectivity index (χ2n) is 4.19. The third kappa shape index (κ3) is 12.9. The smallest absolute Gasteiger partial charge is 0.330 e. The molecule has 0 fully saturated rings. The van der Waals surface area contributed by atoms with E-state index >= 15 is 0 Å². The molecule has 0 aliphatic carbocycles. The van der Waals surface area contributed by atoms with E-state index in [9.17, 15) is 9.59 Å². The van der Waals surface area contributed by atoms with Crippen molar-refractivity contribution in [2.24, 2.45) is 0 Å². The molecule has 19 heavy (non-hydrogen) atoms. The van der Waals surface area contributed by atoms with Gasteiger partial charge in [-0.1, -0.05) is 13.0 Å². The van der Waals surface area contributed by atoms with Crippen molar-refractivity contribution in [3.8, 4) is 0 Å². The first-order valence-electron chi connectivity index (χ1n) is 6.76. The minimum Gasteiger partial charge on any atom is -0.466 e. The molecule has 0 spiro atoms. The van der Waals surface area contributed by atoms with Crippen molar-refractivity contribution in [3.63, 3.8) is 0 Å². The summed E-state index contributed by atoms with van der Waals surface area (Å²) >= 11 is 0. The molecule has 0 amide bonds. The second kappa shape index (κ2) is 13.1. The van der Waals surface area contributed by atoms with Crippen molar-refractivity contribution in [2.75, 3.05) is 19.8 Å². The fourth-order valence-corrected chi connectivity index (χ4v) is 1.43. The van der Waals surface area contributed by atoms with Crippen molar-refractivity contribution in [3.05, 3.63) is 12.7 Å². The molecule has 0 bridgehead atoms. The van der Waals surface area contributed by atoms with Crippen molar-refractivity contribution in [1.82, 2.24) is 0 Å². The number of rotatable bonds is 12. The van der Waals surface area contributed by atoms with Crippen molar-refractivity contribution in [1.29, 1.82) is 0 Å². The summed E-state index contributed by atoms with van der Waals surface area (Å²) in [6, 6.07) is 0. The number of hydrogen-bond acceptors (Lipinski definition) is 5. The van der Waals surface area contributed by atoms with E-state index in [4.69, 9.17) is 14.6 Å². The maximum atomic E-state index is 11.3. The first-order chi connectivity index (χ1) is 9.20. The van der Waals surface area contributed by atoms with Gasteiger partial charge in [0.1, 0.15) is 0 Å². The predicted molar refractivity (Wildman–Crippen MR) is 71.5 cm³/mol. The second-order valence-corrected chi connectivity index (χ2v) is 4.19. The topological polar surface area (TPSA) is 72.8 Å². The van der Waals surface area contributed by atoms with E-state index in [1.54, 1.807) is 0 Å². The fraction of sp³-hybridized carbons (Fsp3) is 0.714. The summed E-state index contributed by atoms with van der Waals surface area (Å²) in [6.45, 7) is 4.26. The van der Waals surface area contributed by atoms with E-state index in [2.05, 4.69) is 6.58 Å². The summed E-state index contributed by atoms with van der Waals surface area (Å²) in [7, 11) is 0. The Bertz CT molecular complexity index is 263. The molecule has 0 rings (SSSR count). The largest absolute Gasteiger partial charge is 0.466 e. The van der Waals surface area contributed by atoms with Gasteiger partial charge in [-0.3, -0.25) is 4.79 Å². The van der Waals surface area contributed by atoms with Crippen LogP contribution in [-0.4, -0.2) is 36.9 Å². The lowest BCUT2D eigenvalue weighted by Crippen LogP contribution is -2.06. The third-order valence-electron chi connectivity index (χ3n) is 2.50. The molecule has 0 aliphatic rings. The van der Waals surface area contributed by atoms with Crippen molar-refractivity contribution >= 4 is 11.9 Å². The number of ether oxygens (including phenoxy) is 2. The molecule has 110 valence electrons. The van der Waals surface area contributed by atoms with Gasteiger partial charge in [0.15, 0.2) is 0 Å². The van der Waals surface area contributed by atoms with Crippen LogP contribution in [0.1, 0.15) is 44.9 Å². The van der Waals surface area contributed by atoms with Crippen molar-refractivity contribution < 1.29 is 24.2 Å². The fourth-order valence-electron chi connectivity index (χ4n) is 1.43. The number of hydrogen-bond donors (Lipinski definition) is 1. The van der Waals surface area contributed by atoms with Gasteiger partial charge in [0.2, 0.25) is 0 Å². The highest BCUT2D eigenvalue weighted by molar-refractivity contribution is 5.81. The summed E-state index contributed by atoms with van der Waals surface area (Å²) in [6.07, 6.45) is 6.27. The van der Waals surface area contributed by atoms with Crippen LogP contribution < -0.4 is 0 Å². The molecule has 0 saturated heterocycles. The Labute approximate surface area is 114 Å². The maximum absolute atomic E-state index is 11.3. The highest BCUT2D eigenvalue weighted by Gasteiger charge is 2.02. The molecule has 5 nitrogen and oxygen atoms in total. The number of carbonyl (C=O) groups is 2. The van der Waals surface area contributed by atoms with Crippen LogP contribution >= 0.6 is 0 Å². The van der Waals surface area contributed by atoms with Crippen LogP contribution in [0.4, 0.5) is 0 Å². The van der Waals surface area contributed by atoms with Gasteiger partial charge in [0.25, 0.3) is 0 Å². The van der Waals surface area contributed by atoms with E-state index in [-0.39, 0.29) is 12.6 Å². The summed E-state index contributed by atoms with van der Waals surface area (Å²) in [5.74, 6) is -0.592. The zero-order valence-corrected chi connectivity index (χ0v) is 11.4. The van der Waals surface area contributed by atoms with Gasteiger partial charge < -0.3 is 14.6 Å². The third-order valence-corrected chi connectivity index (χ3v) is 2.50. The highest BCUT2D eigenvalue weighted by atomic mass is 16.5. The molecular formula is C14H24O5. The standard InChI is InChI=1S/C14H24O5/c1-2-13(16)18-11-7-4-8-12-19-14(17)9-5-3-6-10-15/h2,15H,1,3-12H2. The monoisotopic (exact) mass is 272 g/mol. The summed E-state index contributed by atoms with van der Waals surface area (Å²) in [5.41, 5.74) is 0. The zero-order valence-electron chi connectivity index (χ0n) is 11.4. The van der Waals surface area contributed by atoms with Crippen LogP contribution in [0.15, 0.2) is 12.7 Å². The molecule has 1 N–H and O–H groups in total. The predicted octanol–water partition coefficient (Wildman–Crippen LogP) is 1.98. The van der Waals surface area contributed by atoms with Crippen LogP contribution in [0.5, 0.6) is 0 Å². The number of aliphatic hydroxyl groups is 1. The van der Waals surface area contributed by atoms with E-state index in [0.29, 0.717) is 19.6 Å². The Balaban J connectivity index is 3.22. The normalized spacial score (nSPS) is 9.95. The molecule has 0 atom stereocenters. The molecule has 0 unspecified atom stereocenters. The molecule has 0 heterocycles. The first-order valence-corrected chi connectivity index (χ1v) is 6.76. The van der Waals surface area contributed by atoms with Crippen LogP contribution in [0.2, 0.25) is 0 Å². The average Bonchev–Trinajstić information content (AvgIpc) is 2.42. The molecule has 0 aromatic carbocycles. The van der Waals surface area contributed by atoms with E-state index in [1.165, 1.54) is 0 Å². The highest BCUT2D eigenvalue weighted by Crippen LogP contribution is 2.02. The van der Waals surface area contributed by atoms with Gasteiger partial charge in [-0.2, -0.15) is 0 Å².